The number of alkyl halides is 1. The Morgan fingerprint density at radius 2 is 2.28 bits per heavy atom. The second kappa shape index (κ2) is 5.96. The molecule has 1 aromatic carbocycles. The van der Waals surface area contributed by atoms with Gasteiger partial charge in [0.05, 0.1) is 18.2 Å². The van der Waals surface area contributed by atoms with E-state index in [1.165, 1.54) is 11.0 Å². The number of halogens is 1. The van der Waals surface area contributed by atoms with Gasteiger partial charge in [-0.25, -0.2) is 4.39 Å². The number of likely N-dealkylation sites (tertiary alicyclic amines) is 1. The van der Waals surface area contributed by atoms with Gasteiger partial charge in [-0.05, 0) is 31.0 Å². The van der Waals surface area contributed by atoms with Crippen LogP contribution in [0.4, 0.5) is 4.39 Å². The van der Waals surface area contributed by atoms with E-state index in [9.17, 15) is 4.79 Å². The van der Waals surface area contributed by atoms with Crippen molar-refractivity contribution in [1.82, 2.24) is 15.0 Å². The van der Waals surface area contributed by atoms with Crippen molar-refractivity contribution in [2.24, 2.45) is 0 Å². The Labute approximate surface area is 144 Å². The smallest absolute Gasteiger partial charge is 0.266 e. The fourth-order valence-electron chi connectivity index (χ4n) is 3.27. The van der Waals surface area contributed by atoms with Crippen molar-refractivity contribution >= 4 is 5.91 Å². The summed E-state index contributed by atoms with van der Waals surface area (Å²) in [5.74, 6) is 0.518. The largest absolute Gasteiger partial charge is 0.336 e. The molecule has 1 saturated carbocycles. The zero-order valence-corrected chi connectivity index (χ0v) is 13.6. The number of benzene rings is 1. The summed E-state index contributed by atoms with van der Waals surface area (Å²) < 4.78 is 20.4. The minimum atomic E-state index is -1.81. The van der Waals surface area contributed by atoms with Crippen LogP contribution < -0.4 is 0 Å². The second-order valence-electron chi connectivity index (χ2n) is 6.72. The molecule has 1 aliphatic heterocycles. The lowest BCUT2D eigenvalue weighted by molar-refractivity contribution is 0.0717. The highest BCUT2D eigenvalue weighted by molar-refractivity contribution is 5.94. The average Bonchev–Trinajstić information content (AvgIpc) is 3.21. The molecule has 1 amide bonds. The van der Waals surface area contributed by atoms with Crippen LogP contribution in [0.15, 0.2) is 28.8 Å². The van der Waals surface area contributed by atoms with Gasteiger partial charge >= 0.3 is 0 Å². The van der Waals surface area contributed by atoms with Gasteiger partial charge in [-0.2, -0.15) is 10.2 Å². The van der Waals surface area contributed by atoms with Gasteiger partial charge in [-0.3, -0.25) is 4.79 Å². The third-order valence-corrected chi connectivity index (χ3v) is 5.04. The first-order chi connectivity index (χ1) is 12.1. The van der Waals surface area contributed by atoms with Gasteiger partial charge in [0.25, 0.3) is 11.8 Å². The van der Waals surface area contributed by atoms with Gasteiger partial charge < -0.3 is 9.42 Å². The van der Waals surface area contributed by atoms with Crippen LogP contribution in [-0.4, -0.2) is 34.0 Å². The number of hydrogen-bond donors (Lipinski definition) is 0. The van der Waals surface area contributed by atoms with E-state index in [0.717, 1.165) is 19.3 Å². The van der Waals surface area contributed by atoms with Crippen molar-refractivity contribution in [2.75, 3.05) is 13.1 Å². The monoisotopic (exact) mass is 340 g/mol. The maximum absolute atomic E-state index is 15.3. The predicted molar refractivity (Wildman–Crippen MR) is 85.4 cm³/mol. The number of carbonyl (C=O) groups is 1. The van der Waals surface area contributed by atoms with Crippen LogP contribution in [0.5, 0.6) is 0 Å². The Morgan fingerprint density at radius 3 is 3.00 bits per heavy atom. The van der Waals surface area contributed by atoms with Crippen molar-refractivity contribution < 1.29 is 13.7 Å². The van der Waals surface area contributed by atoms with Crippen molar-refractivity contribution in [3.63, 3.8) is 0 Å². The van der Waals surface area contributed by atoms with E-state index in [0.29, 0.717) is 17.0 Å². The molecule has 1 atom stereocenters. The molecule has 1 aliphatic carbocycles. The minimum absolute atomic E-state index is 0.0320. The third kappa shape index (κ3) is 2.78. The number of carbonyl (C=O) groups excluding carboxylic acids is 1. The first-order valence-electron chi connectivity index (χ1n) is 8.41. The predicted octanol–water partition coefficient (Wildman–Crippen LogP) is 2.92. The Bertz CT molecular complexity index is 855. The second-order valence-corrected chi connectivity index (χ2v) is 6.72. The van der Waals surface area contributed by atoms with E-state index in [1.54, 1.807) is 18.2 Å². The van der Waals surface area contributed by atoms with Gasteiger partial charge in [0.1, 0.15) is 0 Å². The molecule has 1 saturated heterocycles. The fraction of sp³-hybridized carbons (Fsp3) is 0.444. The molecule has 0 bridgehead atoms. The molecule has 0 N–H and O–H groups in total. The van der Waals surface area contributed by atoms with Crippen molar-refractivity contribution in [3.05, 3.63) is 47.1 Å². The zero-order valence-electron chi connectivity index (χ0n) is 13.6. The number of nitrogens with zero attached hydrogens (tertiary/aromatic N) is 4. The van der Waals surface area contributed by atoms with Crippen LogP contribution in [-0.2, 0) is 5.67 Å². The van der Waals surface area contributed by atoms with E-state index < -0.39 is 5.67 Å². The summed E-state index contributed by atoms with van der Waals surface area (Å²) in [7, 11) is 0. The van der Waals surface area contributed by atoms with Crippen LogP contribution in [0.25, 0.3) is 0 Å². The lowest BCUT2D eigenvalue weighted by Crippen LogP contribution is -2.32. The number of amides is 1. The van der Waals surface area contributed by atoms with Crippen molar-refractivity contribution in [2.45, 2.75) is 37.3 Å². The molecule has 4 rings (SSSR count). The summed E-state index contributed by atoms with van der Waals surface area (Å²) in [5.41, 5.74) is -1.03. The van der Waals surface area contributed by atoms with Gasteiger partial charge in [0, 0.05) is 24.4 Å². The Hall–Kier alpha value is -2.75. The van der Waals surface area contributed by atoms with Crippen molar-refractivity contribution in [1.29, 1.82) is 5.26 Å². The normalized spacial score (nSPS) is 23.3. The van der Waals surface area contributed by atoms with Gasteiger partial charge in [-0.15, -0.1) is 0 Å². The summed E-state index contributed by atoms with van der Waals surface area (Å²) in [5, 5.41) is 12.9. The van der Waals surface area contributed by atoms with Crippen LogP contribution in [0, 0.1) is 11.3 Å². The molecule has 1 aromatic heterocycles. The number of rotatable bonds is 3. The molecule has 1 unspecified atom stereocenters. The Kier molecular flexibility index (Phi) is 3.75. The molecule has 2 aliphatic rings. The minimum Gasteiger partial charge on any atom is -0.336 e. The average molecular weight is 340 g/mol. The topological polar surface area (TPSA) is 83.0 Å². The first kappa shape index (κ1) is 15.8. The van der Waals surface area contributed by atoms with Crippen LogP contribution >= 0.6 is 0 Å². The summed E-state index contributed by atoms with van der Waals surface area (Å²) in [4.78, 5) is 18.3. The third-order valence-electron chi connectivity index (χ3n) is 5.04. The van der Waals surface area contributed by atoms with Gasteiger partial charge in [0.2, 0.25) is 5.67 Å². The molecule has 25 heavy (non-hydrogen) atoms. The van der Waals surface area contributed by atoms with Crippen molar-refractivity contribution in [3.8, 4) is 6.07 Å². The van der Waals surface area contributed by atoms with E-state index in [4.69, 9.17) is 9.78 Å². The lowest BCUT2D eigenvalue weighted by Gasteiger charge is -2.21. The quantitative estimate of drug-likeness (QED) is 0.858. The lowest BCUT2D eigenvalue weighted by atomic mass is 9.85. The number of hydrogen-bond acceptors (Lipinski definition) is 5. The van der Waals surface area contributed by atoms with Gasteiger partial charge in [0.15, 0.2) is 5.82 Å². The number of nitriles is 1. The Morgan fingerprint density at radius 1 is 1.44 bits per heavy atom. The SMILES string of the molecule is N#Cc1cccc(C(=O)N2CCC(F)(c3nc(C4CCC4)no3)C2)c1. The highest BCUT2D eigenvalue weighted by Gasteiger charge is 2.47. The molecule has 6 nitrogen and oxygen atoms in total. The Balaban J connectivity index is 1.50. The summed E-state index contributed by atoms with van der Waals surface area (Å²) in [6, 6.07) is 8.42. The van der Waals surface area contributed by atoms with Crippen LogP contribution in [0.1, 0.15) is 59.2 Å². The highest BCUT2D eigenvalue weighted by Crippen LogP contribution is 2.39. The molecular formula is C18H17FN4O2. The van der Waals surface area contributed by atoms with Gasteiger partial charge in [-0.1, -0.05) is 17.6 Å². The van der Waals surface area contributed by atoms with E-state index in [1.807, 2.05) is 6.07 Å². The molecular weight excluding hydrogens is 323 g/mol. The van der Waals surface area contributed by atoms with E-state index >= 15 is 4.39 Å². The molecule has 0 spiro atoms. The molecule has 2 aromatic rings. The standard InChI is InChI=1S/C18H17FN4O2/c19-18(17-21-15(22-25-17)13-4-2-5-13)7-8-23(11-18)16(24)14-6-1-3-12(9-14)10-20/h1,3,6,9,13H,2,4-5,7-8,11H2. The maximum atomic E-state index is 15.3. The molecule has 2 fully saturated rings. The summed E-state index contributed by atoms with van der Waals surface area (Å²) in [6.45, 7) is 0.155. The molecule has 128 valence electrons. The van der Waals surface area contributed by atoms with E-state index in [-0.39, 0.29) is 37.2 Å². The summed E-state index contributed by atoms with van der Waals surface area (Å²) >= 11 is 0. The highest BCUT2D eigenvalue weighted by atomic mass is 19.1. The maximum Gasteiger partial charge on any atom is 0.266 e. The zero-order chi connectivity index (χ0) is 17.4. The molecule has 0 radical (unpaired) electrons. The van der Waals surface area contributed by atoms with Crippen LogP contribution in [0.3, 0.4) is 0 Å². The first-order valence-corrected chi connectivity index (χ1v) is 8.41. The summed E-state index contributed by atoms with van der Waals surface area (Å²) in [6.07, 6.45) is 3.29. The van der Waals surface area contributed by atoms with E-state index in [2.05, 4.69) is 10.1 Å². The molecule has 7 heteroatoms. The van der Waals surface area contributed by atoms with Crippen LogP contribution in [0.2, 0.25) is 0 Å². The fourth-order valence-corrected chi connectivity index (χ4v) is 3.27. The number of aromatic nitrogens is 2. The molecule has 2 heterocycles.